The Morgan fingerprint density at radius 2 is 1.81 bits per heavy atom. The van der Waals surface area contributed by atoms with Gasteiger partial charge in [-0.1, -0.05) is 36.4 Å². The Morgan fingerprint density at radius 1 is 1.11 bits per heavy atom. The second-order valence-corrected chi connectivity index (χ2v) is 6.95. The van der Waals surface area contributed by atoms with Gasteiger partial charge in [0, 0.05) is 19.3 Å². The number of H-pyrrole nitrogens is 1. The number of likely N-dealkylation sites (N-methyl/N-ethyl adjacent to an activating group) is 1. The lowest BCUT2D eigenvalue weighted by Gasteiger charge is -2.20. The molecule has 0 aliphatic heterocycles. The summed E-state index contributed by atoms with van der Waals surface area (Å²) in [7, 11) is 1.64. The number of ketones is 1. The Labute approximate surface area is 158 Å². The van der Waals surface area contributed by atoms with Crippen LogP contribution in [0.5, 0.6) is 5.75 Å². The summed E-state index contributed by atoms with van der Waals surface area (Å²) in [5, 5.41) is 0.654. The molecule has 0 atom stereocenters. The molecule has 0 aliphatic rings. The average Bonchev–Trinajstić information content (AvgIpc) is 3.12. The largest absolute Gasteiger partial charge is 0.488 e. The number of hydrogen-bond acceptors (Lipinski definition) is 3. The van der Waals surface area contributed by atoms with Crippen LogP contribution in [-0.4, -0.2) is 34.7 Å². The van der Waals surface area contributed by atoms with Gasteiger partial charge in [-0.2, -0.15) is 0 Å². The average molecular weight is 364 g/mol. The second kappa shape index (κ2) is 7.66. The van der Waals surface area contributed by atoms with E-state index in [1.165, 1.54) is 4.90 Å². The monoisotopic (exact) mass is 364 g/mol. The molecule has 0 saturated carbocycles. The van der Waals surface area contributed by atoms with Gasteiger partial charge in [0.1, 0.15) is 12.4 Å². The van der Waals surface area contributed by atoms with Gasteiger partial charge in [-0.15, -0.1) is 0 Å². The first-order valence-corrected chi connectivity index (χ1v) is 8.99. The predicted octanol–water partition coefficient (Wildman–Crippen LogP) is 4.10. The highest BCUT2D eigenvalue weighted by atomic mass is 16.5. The number of carbonyl (C=O) groups is 2. The van der Waals surface area contributed by atoms with Crippen LogP contribution in [0.25, 0.3) is 10.9 Å². The number of aromatic nitrogens is 1. The molecule has 0 aliphatic carbocycles. The minimum atomic E-state index is -0.535. The van der Waals surface area contributed by atoms with Crippen molar-refractivity contribution >= 4 is 22.6 Å². The highest BCUT2D eigenvalue weighted by Gasteiger charge is 2.26. The Balaban J connectivity index is 1.98. The van der Waals surface area contributed by atoms with Crippen molar-refractivity contribution in [3.63, 3.8) is 0 Å². The number of benzene rings is 2. The summed E-state index contributed by atoms with van der Waals surface area (Å²) in [6.07, 6.45) is 1.60. The molecule has 5 nitrogen and oxygen atoms in total. The van der Waals surface area contributed by atoms with Gasteiger partial charge < -0.3 is 14.6 Å². The number of nitrogens with zero attached hydrogens (tertiary/aromatic N) is 1. The number of Topliss-reactive ketones (excluding diaryl/α,β-unsaturated/α-hetero) is 1. The number of hydrogen-bond donors (Lipinski definition) is 1. The van der Waals surface area contributed by atoms with Crippen molar-refractivity contribution < 1.29 is 14.3 Å². The van der Waals surface area contributed by atoms with Crippen LogP contribution >= 0.6 is 0 Å². The number of carbonyl (C=O) groups excluding carboxylic acids is 2. The van der Waals surface area contributed by atoms with Crippen LogP contribution in [0.1, 0.15) is 35.3 Å². The summed E-state index contributed by atoms with van der Waals surface area (Å²) in [5.74, 6) is -0.474. The minimum absolute atomic E-state index is 0.0535. The van der Waals surface area contributed by atoms with Crippen LogP contribution in [0.2, 0.25) is 0 Å². The van der Waals surface area contributed by atoms with Gasteiger partial charge in [-0.3, -0.25) is 9.59 Å². The fourth-order valence-corrected chi connectivity index (χ4v) is 2.90. The van der Waals surface area contributed by atoms with E-state index >= 15 is 0 Å². The summed E-state index contributed by atoms with van der Waals surface area (Å²) < 4.78 is 6.00. The Morgan fingerprint density at radius 3 is 2.48 bits per heavy atom. The smallest absolute Gasteiger partial charge is 0.295 e. The van der Waals surface area contributed by atoms with Crippen molar-refractivity contribution in [2.24, 2.45) is 0 Å². The molecular formula is C22H24N2O3. The Hall–Kier alpha value is -3.08. The zero-order chi connectivity index (χ0) is 19.6. The Kier molecular flexibility index (Phi) is 5.31. The van der Waals surface area contributed by atoms with E-state index in [0.717, 1.165) is 16.6 Å². The summed E-state index contributed by atoms with van der Waals surface area (Å²) in [5.41, 5.74) is 3.17. The van der Waals surface area contributed by atoms with Gasteiger partial charge in [-0.25, -0.2) is 0 Å². The van der Waals surface area contributed by atoms with Crippen molar-refractivity contribution in [3.05, 3.63) is 65.4 Å². The molecule has 140 valence electrons. The first kappa shape index (κ1) is 18.7. The molecule has 0 radical (unpaired) electrons. The number of nitrogens with one attached hydrogen (secondary N) is 1. The van der Waals surface area contributed by atoms with Crippen molar-refractivity contribution in [3.8, 4) is 5.75 Å². The predicted molar refractivity (Wildman–Crippen MR) is 106 cm³/mol. The van der Waals surface area contributed by atoms with Crippen LogP contribution in [0.4, 0.5) is 0 Å². The normalized spacial score (nSPS) is 11.0. The molecule has 0 saturated heterocycles. The lowest BCUT2D eigenvalue weighted by Crippen LogP contribution is -2.38. The number of aromatic amines is 1. The molecule has 3 rings (SSSR count). The fourth-order valence-electron chi connectivity index (χ4n) is 2.90. The van der Waals surface area contributed by atoms with Crippen LogP contribution in [-0.2, 0) is 11.4 Å². The maximum absolute atomic E-state index is 12.8. The molecule has 3 aromatic rings. The van der Waals surface area contributed by atoms with E-state index in [0.29, 0.717) is 23.3 Å². The lowest BCUT2D eigenvalue weighted by atomic mass is 10.0. The topological polar surface area (TPSA) is 62.4 Å². The number of fused-ring (bicyclic) bond motifs is 1. The SMILES string of the molecule is Cc1ccc(OCc2ccccc2)c2c(C(=O)C(=O)N(C)C(C)C)c[nH]c12. The molecule has 2 aromatic carbocycles. The molecule has 0 fully saturated rings. The maximum atomic E-state index is 12.8. The molecule has 0 bridgehead atoms. The zero-order valence-electron chi connectivity index (χ0n) is 16.1. The third-order valence-electron chi connectivity index (χ3n) is 4.78. The van der Waals surface area contributed by atoms with E-state index < -0.39 is 11.7 Å². The third-order valence-corrected chi connectivity index (χ3v) is 4.78. The van der Waals surface area contributed by atoms with Gasteiger partial charge in [0.25, 0.3) is 11.7 Å². The van der Waals surface area contributed by atoms with Crippen LogP contribution in [0, 0.1) is 6.92 Å². The first-order valence-electron chi connectivity index (χ1n) is 8.99. The van der Waals surface area contributed by atoms with E-state index in [2.05, 4.69) is 4.98 Å². The van der Waals surface area contributed by atoms with Gasteiger partial charge in [-0.05, 0) is 38.0 Å². The van der Waals surface area contributed by atoms with Crippen LogP contribution in [0.3, 0.4) is 0 Å². The van der Waals surface area contributed by atoms with Gasteiger partial charge >= 0.3 is 0 Å². The van der Waals surface area contributed by atoms with Gasteiger partial charge in [0.2, 0.25) is 0 Å². The van der Waals surface area contributed by atoms with Crippen molar-refractivity contribution in [2.45, 2.75) is 33.4 Å². The molecule has 1 heterocycles. The number of amides is 1. The Bertz CT molecular complexity index is 974. The van der Waals surface area contributed by atoms with Crippen LogP contribution in [0.15, 0.2) is 48.7 Å². The van der Waals surface area contributed by atoms with Gasteiger partial charge in [0.15, 0.2) is 0 Å². The summed E-state index contributed by atoms with van der Waals surface area (Å²) in [6, 6.07) is 13.6. The molecule has 5 heteroatoms. The lowest BCUT2D eigenvalue weighted by molar-refractivity contribution is -0.126. The van der Waals surface area contributed by atoms with E-state index in [4.69, 9.17) is 4.74 Å². The molecule has 1 N–H and O–H groups in total. The fraction of sp³-hybridized carbons (Fsp3) is 0.273. The van der Waals surface area contributed by atoms with Crippen molar-refractivity contribution in [2.75, 3.05) is 7.05 Å². The van der Waals surface area contributed by atoms with Crippen molar-refractivity contribution in [1.29, 1.82) is 0 Å². The highest BCUT2D eigenvalue weighted by Crippen LogP contribution is 2.32. The van der Waals surface area contributed by atoms with Crippen molar-refractivity contribution in [1.82, 2.24) is 9.88 Å². The third kappa shape index (κ3) is 3.72. The number of ether oxygens (including phenoxy) is 1. The summed E-state index contributed by atoms with van der Waals surface area (Å²) in [4.78, 5) is 29.9. The summed E-state index contributed by atoms with van der Waals surface area (Å²) >= 11 is 0. The molecule has 0 unspecified atom stereocenters. The molecule has 1 aromatic heterocycles. The molecule has 27 heavy (non-hydrogen) atoms. The molecule has 1 amide bonds. The quantitative estimate of drug-likeness (QED) is 0.529. The van der Waals surface area contributed by atoms with Crippen LogP contribution < -0.4 is 4.74 Å². The minimum Gasteiger partial charge on any atom is -0.488 e. The van der Waals surface area contributed by atoms with E-state index in [1.54, 1.807) is 13.2 Å². The zero-order valence-corrected chi connectivity index (χ0v) is 16.1. The molecular weight excluding hydrogens is 340 g/mol. The van der Waals surface area contributed by atoms with E-state index in [-0.39, 0.29) is 6.04 Å². The standard InChI is InChI=1S/C22H24N2O3/c1-14(2)24(4)22(26)21(25)17-12-23-20-15(3)10-11-18(19(17)20)27-13-16-8-6-5-7-9-16/h5-12,14,23H,13H2,1-4H3. The molecule has 0 spiro atoms. The summed E-state index contributed by atoms with van der Waals surface area (Å²) in [6.45, 7) is 6.09. The highest BCUT2D eigenvalue weighted by molar-refractivity contribution is 6.45. The number of aryl methyl sites for hydroxylation is 1. The maximum Gasteiger partial charge on any atom is 0.295 e. The first-order chi connectivity index (χ1) is 12.9. The van der Waals surface area contributed by atoms with E-state index in [1.807, 2.05) is 63.2 Å². The number of rotatable bonds is 6. The van der Waals surface area contributed by atoms with E-state index in [9.17, 15) is 9.59 Å². The second-order valence-electron chi connectivity index (χ2n) is 6.95. The van der Waals surface area contributed by atoms with Gasteiger partial charge in [0.05, 0.1) is 16.5 Å².